The number of nitrogens with zero attached hydrogens (tertiary/aromatic N) is 1. The van der Waals surface area contributed by atoms with Gasteiger partial charge in [0.15, 0.2) is 0 Å². The van der Waals surface area contributed by atoms with Crippen LogP contribution in [0.25, 0.3) is 0 Å². The number of rotatable bonds is 3. The predicted octanol–water partition coefficient (Wildman–Crippen LogP) is 1.74. The van der Waals surface area contributed by atoms with E-state index in [2.05, 4.69) is 6.07 Å². The molecule has 1 radical (unpaired) electrons. The second-order valence-electron chi connectivity index (χ2n) is 2.91. The molecule has 2 nitrogen and oxygen atoms in total. The minimum atomic E-state index is 0.0830. The Morgan fingerprint density at radius 1 is 1.42 bits per heavy atom. The predicted molar refractivity (Wildman–Crippen MR) is 50.5 cm³/mol. The van der Waals surface area contributed by atoms with Gasteiger partial charge in [-0.15, -0.1) is 0 Å². The topological polar surface area (TPSA) is 27.1 Å². The largest absolute Gasteiger partial charge is 0.311 e. The summed E-state index contributed by atoms with van der Waals surface area (Å²) >= 11 is 0. The fourth-order valence-corrected chi connectivity index (χ4v) is 1.14. The smallest absolute Gasteiger partial charge is 0.0693 e. The summed E-state index contributed by atoms with van der Waals surface area (Å²) in [6, 6.07) is 10.7. The Hall–Kier alpha value is -1.15. The molecule has 0 amide bonds. The average molecular weight is 161 g/mol. The zero-order chi connectivity index (χ0) is 8.97. The highest BCUT2D eigenvalue weighted by Gasteiger charge is 2.08. The summed E-state index contributed by atoms with van der Waals surface area (Å²) in [7, 11) is 3.93. The molecule has 0 bridgehead atoms. The van der Waals surface area contributed by atoms with Crippen molar-refractivity contribution in [1.82, 2.24) is 4.90 Å². The molecular weight excluding hydrogens is 148 g/mol. The Labute approximate surface area is 73.3 Å². The lowest BCUT2D eigenvalue weighted by molar-refractivity contribution is 0.374. The zero-order valence-corrected chi connectivity index (χ0v) is 7.41. The third-order valence-corrected chi connectivity index (χ3v) is 1.80. The summed E-state index contributed by atoms with van der Waals surface area (Å²) in [5, 5.41) is 7.25. The van der Waals surface area contributed by atoms with E-state index in [9.17, 15) is 0 Å². The third-order valence-electron chi connectivity index (χ3n) is 1.80. The molecule has 0 aromatic heterocycles. The molecule has 0 aliphatic rings. The SMILES string of the molecule is CN(C)C(C=N)c1cc[c]cc1. The van der Waals surface area contributed by atoms with Crippen LogP contribution < -0.4 is 0 Å². The molecule has 2 heteroatoms. The molecule has 1 aromatic carbocycles. The van der Waals surface area contributed by atoms with Gasteiger partial charge in [-0.3, -0.25) is 4.90 Å². The fourth-order valence-electron chi connectivity index (χ4n) is 1.14. The second-order valence-corrected chi connectivity index (χ2v) is 2.91. The summed E-state index contributed by atoms with van der Waals surface area (Å²) in [6.45, 7) is 0. The van der Waals surface area contributed by atoms with Crippen LogP contribution in [0.15, 0.2) is 24.3 Å². The number of hydrogen-bond acceptors (Lipinski definition) is 2. The van der Waals surface area contributed by atoms with Gasteiger partial charge >= 0.3 is 0 Å². The maximum atomic E-state index is 7.25. The fraction of sp³-hybridized carbons (Fsp3) is 0.300. The first-order valence-corrected chi connectivity index (χ1v) is 3.88. The van der Waals surface area contributed by atoms with Crippen molar-refractivity contribution in [2.45, 2.75) is 6.04 Å². The highest BCUT2D eigenvalue weighted by atomic mass is 15.1. The molecule has 1 N–H and O–H groups in total. The molecule has 0 saturated carbocycles. The van der Waals surface area contributed by atoms with Gasteiger partial charge in [-0.05, 0) is 25.7 Å². The first-order chi connectivity index (χ1) is 5.75. The number of nitrogens with one attached hydrogen (secondary N) is 1. The Kier molecular flexibility index (Phi) is 3.00. The number of hydrogen-bond donors (Lipinski definition) is 1. The van der Waals surface area contributed by atoms with Crippen molar-refractivity contribution in [2.75, 3.05) is 14.1 Å². The van der Waals surface area contributed by atoms with Gasteiger partial charge in [-0.2, -0.15) is 0 Å². The van der Waals surface area contributed by atoms with Crippen molar-refractivity contribution in [1.29, 1.82) is 5.41 Å². The summed E-state index contributed by atoms with van der Waals surface area (Å²) in [5.41, 5.74) is 1.13. The Bertz CT molecular complexity index is 241. The Morgan fingerprint density at radius 3 is 2.42 bits per heavy atom. The van der Waals surface area contributed by atoms with Gasteiger partial charge in [0, 0.05) is 6.21 Å². The molecule has 1 aromatic rings. The van der Waals surface area contributed by atoms with E-state index in [0.717, 1.165) is 5.56 Å². The third kappa shape index (κ3) is 1.92. The molecule has 0 spiro atoms. The van der Waals surface area contributed by atoms with Crippen molar-refractivity contribution < 1.29 is 0 Å². The van der Waals surface area contributed by atoms with Gasteiger partial charge < -0.3 is 5.41 Å². The average Bonchev–Trinajstić information content (AvgIpc) is 2.07. The number of benzene rings is 1. The molecule has 12 heavy (non-hydrogen) atoms. The lowest BCUT2D eigenvalue weighted by atomic mass is 10.1. The van der Waals surface area contributed by atoms with Crippen LogP contribution in [0.1, 0.15) is 11.6 Å². The summed E-state index contributed by atoms with van der Waals surface area (Å²) in [6.07, 6.45) is 1.44. The van der Waals surface area contributed by atoms with E-state index < -0.39 is 0 Å². The minimum absolute atomic E-state index is 0.0830. The molecule has 1 atom stereocenters. The van der Waals surface area contributed by atoms with Crippen LogP contribution in [0.2, 0.25) is 0 Å². The van der Waals surface area contributed by atoms with E-state index in [0.29, 0.717) is 0 Å². The lowest BCUT2D eigenvalue weighted by Crippen LogP contribution is -2.20. The summed E-state index contributed by atoms with van der Waals surface area (Å²) in [5.74, 6) is 0. The Morgan fingerprint density at radius 2 is 2.00 bits per heavy atom. The van der Waals surface area contributed by atoms with Crippen LogP contribution in [-0.2, 0) is 0 Å². The molecule has 0 aliphatic heterocycles. The first-order valence-electron chi connectivity index (χ1n) is 3.88. The second kappa shape index (κ2) is 4.02. The first kappa shape index (κ1) is 8.94. The molecule has 0 fully saturated rings. The van der Waals surface area contributed by atoms with Crippen LogP contribution in [0.3, 0.4) is 0 Å². The maximum Gasteiger partial charge on any atom is 0.0693 e. The molecule has 0 heterocycles. The van der Waals surface area contributed by atoms with Crippen LogP contribution in [0.4, 0.5) is 0 Å². The highest BCUT2D eigenvalue weighted by Crippen LogP contribution is 2.14. The van der Waals surface area contributed by atoms with Crippen molar-refractivity contribution in [3.05, 3.63) is 35.9 Å². The van der Waals surface area contributed by atoms with Gasteiger partial charge in [0.05, 0.1) is 6.04 Å². The van der Waals surface area contributed by atoms with Crippen LogP contribution in [0.5, 0.6) is 0 Å². The molecule has 1 unspecified atom stereocenters. The van der Waals surface area contributed by atoms with Crippen molar-refractivity contribution >= 4 is 6.21 Å². The zero-order valence-electron chi connectivity index (χ0n) is 7.41. The van der Waals surface area contributed by atoms with E-state index in [-0.39, 0.29) is 6.04 Å². The Balaban J connectivity index is 2.88. The lowest BCUT2D eigenvalue weighted by Gasteiger charge is -2.19. The minimum Gasteiger partial charge on any atom is -0.311 e. The molecular formula is C10H13N2. The van der Waals surface area contributed by atoms with Crippen molar-refractivity contribution in [3.63, 3.8) is 0 Å². The quantitative estimate of drug-likeness (QED) is 0.672. The highest BCUT2D eigenvalue weighted by molar-refractivity contribution is 5.63. The van der Waals surface area contributed by atoms with Gasteiger partial charge in [0.1, 0.15) is 0 Å². The molecule has 0 aliphatic carbocycles. The van der Waals surface area contributed by atoms with Crippen LogP contribution in [-0.4, -0.2) is 25.2 Å². The van der Waals surface area contributed by atoms with Gasteiger partial charge in [0.2, 0.25) is 0 Å². The standard InChI is InChI=1S/C10H13N2/c1-12(2)10(8-11)9-6-4-3-5-7-9/h4-8,10-11H,1-2H3. The van der Waals surface area contributed by atoms with Gasteiger partial charge in [-0.25, -0.2) is 0 Å². The van der Waals surface area contributed by atoms with Crippen LogP contribution >= 0.6 is 0 Å². The molecule has 0 saturated heterocycles. The normalized spacial score (nSPS) is 12.9. The van der Waals surface area contributed by atoms with Crippen molar-refractivity contribution in [2.24, 2.45) is 0 Å². The van der Waals surface area contributed by atoms with E-state index in [4.69, 9.17) is 5.41 Å². The van der Waals surface area contributed by atoms with Crippen molar-refractivity contribution in [3.8, 4) is 0 Å². The monoisotopic (exact) mass is 161 g/mol. The molecule has 63 valence electrons. The maximum absolute atomic E-state index is 7.25. The van der Waals surface area contributed by atoms with Gasteiger partial charge in [0.25, 0.3) is 0 Å². The van der Waals surface area contributed by atoms with Gasteiger partial charge in [-0.1, -0.05) is 24.3 Å². The summed E-state index contributed by atoms with van der Waals surface area (Å²) in [4.78, 5) is 2.00. The van der Waals surface area contributed by atoms with E-state index in [1.165, 1.54) is 6.21 Å². The summed E-state index contributed by atoms with van der Waals surface area (Å²) < 4.78 is 0. The molecule has 1 rings (SSSR count). The van der Waals surface area contributed by atoms with Crippen LogP contribution in [0, 0.1) is 11.5 Å². The van der Waals surface area contributed by atoms with E-state index >= 15 is 0 Å². The van der Waals surface area contributed by atoms with E-state index in [1.807, 2.05) is 43.3 Å². The van der Waals surface area contributed by atoms with E-state index in [1.54, 1.807) is 0 Å².